The van der Waals surface area contributed by atoms with Gasteiger partial charge in [0.2, 0.25) is 5.91 Å². The molecule has 1 rings (SSSR count). The molecule has 16 heavy (non-hydrogen) atoms. The maximum absolute atomic E-state index is 12.2. The highest BCUT2D eigenvalue weighted by Crippen LogP contribution is 2.35. The van der Waals surface area contributed by atoms with Gasteiger partial charge in [-0.15, -0.1) is 12.3 Å². The van der Waals surface area contributed by atoms with Crippen LogP contribution in [0.5, 0.6) is 0 Å². The number of amides is 1. The van der Waals surface area contributed by atoms with Crippen LogP contribution in [0.4, 0.5) is 0 Å². The molecule has 1 fully saturated rings. The van der Waals surface area contributed by atoms with Crippen LogP contribution in [-0.4, -0.2) is 11.9 Å². The highest BCUT2D eigenvalue weighted by molar-refractivity contribution is 5.82. The Balaban J connectivity index is 2.52. The van der Waals surface area contributed by atoms with E-state index in [0.29, 0.717) is 6.42 Å². The maximum atomic E-state index is 12.2. The van der Waals surface area contributed by atoms with Crippen LogP contribution in [-0.2, 0) is 4.79 Å². The van der Waals surface area contributed by atoms with Gasteiger partial charge >= 0.3 is 0 Å². The first-order valence-electron chi connectivity index (χ1n) is 6.37. The number of nitrogens with one attached hydrogen (secondary N) is 1. The molecule has 90 valence electrons. The molecule has 1 N–H and O–H groups in total. The highest BCUT2D eigenvalue weighted by atomic mass is 16.2. The standard InChI is InChI=1S/C14H23NO/c1-4-9-12(5-2)15-13(16)14(3)10-7-6-8-11-14/h1,12H,5-11H2,2-3H3,(H,15,16). The van der Waals surface area contributed by atoms with Crippen molar-refractivity contribution in [1.82, 2.24) is 5.32 Å². The number of carbonyl (C=O) groups is 1. The average molecular weight is 221 g/mol. The summed E-state index contributed by atoms with van der Waals surface area (Å²) in [5.74, 6) is 2.83. The van der Waals surface area contributed by atoms with Crippen LogP contribution in [0.3, 0.4) is 0 Å². The molecule has 1 aliphatic rings. The molecule has 0 bridgehead atoms. The largest absolute Gasteiger partial charge is 0.352 e. The van der Waals surface area contributed by atoms with Crippen molar-refractivity contribution in [2.24, 2.45) is 5.41 Å². The first-order valence-corrected chi connectivity index (χ1v) is 6.37. The summed E-state index contributed by atoms with van der Waals surface area (Å²) in [7, 11) is 0. The van der Waals surface area contributed by atoms with Gasteiger partial charge in [-0.25, -0.2) is 0 Å². The second-order valence-corrected chi connectivity index (χ2v) is 5.11. The number of hydrogen-bond acceptors (Lipinski definition) is 1. The van der Waals surface area contributed by atoms with Gasteiger partial charge in [-0.05, 0) is 19.3 Å². The van der Waals surface area contributed by atoms with Crippen LogP contribution in [0.15, 0.2) is 0 Å². The fourth-order valence-corrected chi connectivity index (χ4v) is 2.36. The Morgan fingerprint density at radius 3 is 2.56 bits per heavy atom. The summed E-state index contributed by atoms with van der Waals surface area (Å²) in [6, 6.07) is 0.149. The van der Waals surface area contributed by atoms with E-state index in [0.717, 1.165) is 19.3 Å². The molecule has 0 radical (unpaired) electrons. The van der Waals surface area contributed by atoms with Gasteiger partial charge in [-0.1, -0.05) is 33.1 Å². The minimum atomic E-state index is -0.153. The lowest BCUT2D eigenvalue weighted by Gasteiger charge is -2.33. The van der Waals surface area contributed by atoms with E-state index in [1.807, 2.05) is 0 Å². The fourth-order valence-electron chi connectivity index (χ4n) is 2.36. The average Bonchev–Trinajstić information content (AvgIpc) is 2.29. The van der Waals surface area contributed by atoms with E-state index in [2.05, 4.69) is 25.1 Å². The zero-order chi connectivity index (χ0) is 12.0. The third-order valence-corrected chi connectivity index (χ3v) is 3.70. The summed E-state index contributed by atoms with van der Waals surface area (Å²) in [6.45, 7) is 4.15. The maximum Gasteiger partial charge on any atom is 0.226 e. The van der Waals surface area contributed by atoms with Crippen molar-refractivity contribution in [2.45, 2.75) is 64.8 Å². The smallest absolute Gasteiger partial charge is 0.226 e. The fraction of sp³-hybridized carbons (Fsp3) is 0.786. The van der Waals surface area contributed by atoms with Gasteiger partial charge in [0.15, 0.2) is 0 Å². The Morgan fingerprint density at radius 1 is 1.44 bits per heavy atom. The Bertz CT molecular complexity index is 271. The number of carbonyl (C=O) groups excluding carboxylic acids is 1. The predicted molar refractivity (Wildman–Crippen MR) is 66.9 cm³/mol. The van der Waals surface area contributed by atoms with E-state index in [9.17, 15) is 4.79 Å². The van der Waals surface area contributed by atoms with E-state index in [1.54, 1.807) is 0 Å². The van der Waals surface area contributed by atoms with Gasteiger partial charge in [0, 0.05) is 17.9 Å². The molecule has 2 nitrogen and oxygen atoms in total. The van der Waals surface area contributed by atoms with Crippen molar-refractivity contribution in [2.75, 3.05) is 0 Å². The third-order valence-electron chi connectivity index (χ3n) is 3.70. The quantitative estimate of drug-likeness (QED) is 0.727. The van der Waals surface area contributed by atoms with Crippen LogP contribution in [0.2, 0.25) is 0 Å². The minimum Gasteiger partial charge on any atom is -0.352 e. The lowest BCUT2D eigenvalue weighted by molar-refractivity contribution is -0.132. The summed E-state index contributed by atoms with van der Waals surface area (Å²) < 4.78 is 0. The first-order chi connectivity index (χ1) is 7.62. The summed E-state index contributed by atoms with van der Waals surface area (Å²) in [5, 5.41) is 3.10. The molecule has 0 aliphatic heterocycles. The minimum absolute atomic E-state index is 0.149. The van der Waals surface area contributed by atoms with E-state index in [-0.39, 0.29) is 17.4 Å². The van der Waals surface area contributed by atoms with Crippen molar-refractivity contribution < 1.29 is 4.79 Å². The summed E-state index contributed by atoms with van der Waals surface area (Å²) in [6.07, 6.45) is 12.5. The number of terminal acetylenes is 1. The van der Waals surface area contributed by atoms with Gasteiger partial charge in [0.05, 0.1) is 0 Å². The Hall–Kier alpha value is -0.970. The number of rotatable bonds is 4. The molecule has 1 aliphatic carbocycles. The zero-order valence-corrected chi connectivity index (χ0v) is 10.5. The van der Waals surface area contributed by atoms with Crippen molar-refractivity contribution in [3.8, 4) is 12.3 Å². The molecular formula is C14H23NO. The van der Waals surface area contributed by atoms with Crippen LogP contribution in [0.25, 0.3) is 0 Å². The Labute approximate surface area is 99.2 Å². The molecule has 2 heteroatoms. The molecule has 0 aromatic carbocycles. The summed E-state index contributed by atoms with van der Waals surface area (Å²) in [5.41, 5.74) is -0.153. The van der Waals surface area contributed by atoms with Gasteiger partial charge in [-0.2, -0.15) is 0 Å². The van der Waals surface area contributed by atoms with Crippen molar-refractivity contribution in [3.05, 3.63) is 0 Å². The molecule has 0 saturated heterocycles. The summed E-state index contributed by atoms with van der Waals surface area (Å²) in [4.78, 5) is 12.2. The van der Waals surface area contributed by atoms with Crippen molar-refractivity contribution >= 4 is 5.91 Å². The molecule has 1 amide bonds. The zero-order valence-electron chi connectivity index (χ0n) is 10.5. The topological polar surface area (TPSA) is 29.1 Å². The van der Waals surface area contributed by atoms with Gasteiger partial charge in [0.1, 0.15) is 0 Å². The molecule has 0 spiro atoms. The second kappa shape index (κ2) is 5.94. The van der Waals surface area contributed by atoms with E-state index in [4.69, 9.17) is 6.42 Å². The highest BCUT2D eigenvalue weighted by Gasteiger charge is 2.34. The monoisotopic (exact) mass is 221 g/mol. The van der Waals surface area contributed by atoms with Crippen molar-refractivity contribution in [3.63, 3.8) is 0 Å². The third kappa shape index (κ3) is 3.27. The van der Waals surface area contributed by atoms with Gasteiger partial charge in [0.25, 0.3) is 0 Å². The van der Waals surface area contributed by atoms with E-state index >= 15 is 0 Å². The molecule has 1 unspecified atom stereocenters. The Kier molecular flexibility index (Phi) is 4.86. The summed E-state index contributed by atoms with van der Waals surface area (Å²) >= 11 is 0. The predicted octanol–water partition coefficient (Wildman–Crippen LogP) is 2.87. The van der Waals surface area contributed by atoms with Crippen LogP contribution < -0.4 is 5.32 Å². The van der Waals surface area contributed by atoms with Crippen LogP contribution in [0.1, 0.15) is 58.8 Å². The molecular weight excluding hydrogens is 198 g/mol. The number of hydrogen-bond donors (Lipinski definition) is 1. The lowest BCUT2D eigenvalue weighted by Crippen LogP contribution is -2.44. The van der Waals surface area contributed by atoms with Crippen LogP contribution in [0, 0.1) is 17.8 Å². The first kappa shape index (κ1) is 13.1. The molecule has 1 atom stereocenters. The Morgan fingerprint density at radius 2 is 2.06 bits per heavy atom. The lowest BCUT2D eigenvalue weighted by atomic mass is 9.75. The SMILES string of the molecule is C#CCC(CC)NC(=O)C1(C)CCCCC1. The molecule has 0 aromatic rings. The van der Waals surface area contributed by atoms with Gasteiger partial charge in [-0.3, -0.25) is 4.79 Å². The molecule has 0 heterocycles. The molecule has 0 aromatic heterocycles. The van der Waals surface area contributed by atoms with E-state index < -0.39 is 0 Å². The van der Waals surface area contributed by atoms with Gasteiger partial charge < -0.3 is 5.32 Å². The van der Waals surface area contributed by atoms with Crippen molar-refractivity contribution in [1.29, 1.82) is 0 Å². The van der Waals surface area contributed by atoms with Crippen LogP contribution >= 0.6 is 0 Å². The second-order valence-electron chi connectivity index (χ2n) is 5.11. The molecule has 1 saturated carbocycles. The normalized spacial score (nSPS) is 20.8. The van der Waals surface area contributed by atoms with E-state index in [1.165, 1.54) is 19.3 Å².